The highest BCUT2D eigenvalue weighted by Gasteiger charge is 2.46. The average Bonchev–Trinajstić information content (AvgIpc) is 3.01. The number of halogens is 1. The molecule has 1 aliphatic rings. The van der Waals surface area contributed by atoms with Crippen LogP contribution in [0.1, 0.15) is 18.4 Å². The van der Waals surface area contributed by atoms with Gasteiger partial charge in [0.05, 0.1) is 18.3 Å². The van der Waals surface area contributed by atoms with Crippen molar-refractivity contribution in [2.45, 2.75) is 25.3 Å². The van der Waals surface area contributed by atoms with Crippen LogP contribution in [0.15, 0.2) is 16.6 Å². The lowest BCUT2D eigenvalue weighted by Crippen LogP contribution is -2.38. The van der Waals surface area contributed by atoms with E-state index in [4.69, 9.17) is 10.5 Å². The fourth-order valence-electron chi connectivity index (χ4n) is 1.63. The summed E-state index contributed by atoms with van der Waals surface area (Å²) < 4.78 is 6.17. The summed E-state index contributed by atoms with van der Waals surface area (Å²) in [6, 6.07) is 3.74. The van der Waals surface area contributed by atoms with Crippen LogP contribution in [0, 0.1) is 6.92 Å². The molecule has 5 heteroatoms. The fourth-order valence-corrected chi connectivity index (χ4v) is 2.18. The Balaban J connectivity index is 2.28. The van der Waals surface area contributed by atoms with Crippen LogP contribution in [0.25, 0.3) is 0 Å². The summed E-state index contributed by atoms with van der Waals surface area (Å²) in [6.07, 6.45) is 1.49. The molecule has 0 unspecified atom stereocenters. The number of hydrogen-bond donors (Lipinski definition) is 2. The molecule has 92 valence electrons. The SMILES string of the molecule is COc1cc(Br)cc(C)c1NC(=O)C1(N)CC1. The third-order valence-corrected chi connectivity index (χ3v) is 3.42. The van der Waals surface area contributed by atoms with Gasteiger partial charge in [0.15, 0.2) is 0 Å². The van der Waals surface area contributed by atoms with Crippen LogP contribution in [0.2, 0.25) is 0 Å². The molecular weight excluding hydrogens is 284 g/mol. The second kappa shape index (κ2) is 4.31. The number of hydrogen-bond acceptors (Lipinski definition) is 3. The molecule has 2 rings (SSSR count). The first-order valence-corrected chi connectivity index (χ1v) is 6.20. The minimum Gasteiger partial charge on any atom is -0.495 e. The van der Waals surface area contributed by atoms with Gasteiger partial charge in [0.2, 0.25) is 5.91 Å². The van der Waals surface area contributed by atoms with Crippen LogP contribution in [0.3, 0.4) is 0 Å². The lowest BCUT2D eigenvalue weighted by Gasteiger charge is -2.16. The topological polar surface area (TPSA) is 64.3 Å². The smallest absolute Gasteiger partial charge is 0.244 e. The number of anilines is 1. The van der Waals surface area contributed by atoms with E-state index in [-0.39, 0.29) is 5.91 Å². The van der Waals surface area contributed by atoms with E-state index >= 15 is 0 Å². The monoisotopic (exact) mass is 298 g/mol. The van der Waals surface area contributed by atoms with Crippen LogP contribution in [0.4, 0.5) is 5.69 Å². The molecular formula is C12H15BrN2O2. The van der Waals surface area contributed by atoms with Crippen LogP contribution < -0.4 is 15.8 Å². The summed E-state index contributed by atoms with van der Waals surface area (Å²) in [5.41, 5.74) is 6.80. The van der Waals surface area contributed by atoms with Crippen LogP contribution in [-0.4, -0.2) is 18.6 Å². The van der Waals surface area contributed by atoms with E-state index in [1.54, 1.807) is 7.11 Å². The Morgan fingerprint density at radius 2 is 2.18 bits per heavy atom. The Morgan fingerprint density at radius 3 is 2.71 bits per heavy atom. The predicted octanol–water partition coefficient (Wildman–Crippen LogP) is 2.20. The lowest BCUT2D eigenvalue weighted by atomic mass is 10.1. The van der Waals surface area contributed by atoms with Crippen molar-refractivity contribution in [1.29, 1.82) is 0 Å². The normalized spacial score (nSPS) is 16.5. The maximum absolute atomic E-state index is 11.9. The zero-order valence-electron chi connectivity index (χ0n) is 9.84. The number of amides is 1. The van der Waals surface area contributed by atoms with Gasteiger partial charge in [0.25, 0.3) is 0 Å². The van der Waals surface area contributed by atoms with Crippen molar-refractivity contribution in [3.8, 4) is 5.75 Å². The van der Waals surface area contributed by atoms with Crippen molar-refractivity contribution in [2.24, 2.45) is 5.73 Å². The predicted molar refractivity (Wildman–Crippen MR) is 70.2 cm³/mol. The van der Waals surface area contributed by atoms with Gasteiger partial charge in [0, 0.05) is 4.47 Å². The number of nitrogens with two attached hydrogens (primary N) is 1. The molecule has 0 radical (unpaired) electrons. The molecule has 0 aliphatic heterocycles. The van der Waals surface area contributed by atoms with Gasteiger partial charge in [-0.15, -0.1) is 0 Å². The Kier molecular flexibility index (Phi) is 3.14. The van der Waals surface area contributed by atoms with Crippen LogP contribution >= 0.6 is 15.9 Å². The quantitative estimate of drug-likeness (QED) is 0.899. The van der Waals surface area contributed by atoms with E-state index in [1.807, 2.05) is 19.1 Å². The van der Waals surface area contributed by atoms with Crippen molar-refractivity contribution in [1.82, 2.24) is 0 Å². The summed E-state index contributed by atoms with van der Waals surface area (Å²) in [7, 11) is 1.58. The summed E-state index contributed by atoms with van der Waals surface area (Å²) in [6.45, 7) is 1.92. The summed E-state index contributed by atoms with van der Waals surface area (Å²) in [5, 5.41) is 2.85. The van der Waals surface area contributed by atoms with E-state index in [0.717, 1.165) is 22.9 Å². The Morgan fingerprint density at radius 1 is 1.53 bits per heavy atom. The van der Waals surface area contributed by atoms with Gasteiger partial charge < -0.3 is 15.8 Å². The summed E-state index contributed by atoms with van der Waals surface area (Å²) >= 11 is 3.39. The molecule has 1 aliphatic carbocycles. The van der Waals surface area contributed by atoms with Gasteiger partial charge in [-0.05, 0) is 37.5 Å². The minimum atomic E-state index is -0.676. The first-order valence-electron chi connectivity index (χ1n) is 5.41. The highest BCUT2D eigenvalue weighted by atomic mass is 79.9. The molecule has 0 heterocycles. The zero-order chi connectivity index (χ0) is 12.6. The maximum Gasteiger partial charge on any atom is 0.244 e. The molecule has 17 heavy (non-hydrogen) atoms. The Labute approximate surface area is 109 Å². The van der Waals surface area contributed by atoms with Crippen molar-refractivity contribution in [2.75, 3.05) is 12.4 Å². The number of carbonyl (C=O) groups excluding carboxylic acids is 1. The molecule has 0 saturated heterocycles. The van der Waals surface area contributed by atoms with Crippen molar-refractivity contribution in [3.05, 3.63) is 22.2 Å². The van der Waals surface area contributed by atoms with Crippen LogP contribution in [0.5, 0.6) is 5.75 Å². The van der Waals surface area contributed by atoms with Gasteiger partial charge in [-0.3, -0.25) is 4.79 Å². The lowest BCUT2D eigenvalue weighted by molar-refractivity contribution is -0.118. The van der Waals surface area contributed by atoms with E-state index in [9.17, 15) is 4.79 Å². The summed E-state index contributed by atoms with van der Waals surface area (Å²) in [4.78, 5) is 11.9. The Hall–Kier alpha value is -1.07. The highest BCUT2D eigenvalue weighted by molar-refractivity contribution is 9.10. The minimum absolute atomic E-state index is 0.138. The van der Waals surface area contributed by atoms with E-state index in [0.29, 0.717) is 11.4 Å². The third kappa shape index (κ3) is 2.45. The van der Waals surface area contributed by atoms with Crippen molar-refractivity contribution < 1.29 is 9.53 Å². The van der Waals surface area contributed by atoms with Crippen molar-refractivity contribution in [3.63, 3.8) is 0 Å². The molecule has 4 nitrogen and oxygen atoms in total. The molecule has 0 bridgehead atoms. The number of methoxy groups -OCH3 is 1. The Bertz CT molecular complexity index is 470. The number of aryl methyl sites for hydroxylation is 1. The average molecular weight is 299 g/mol. The maximum atomic E-state index is 11.9. The fraction of sp³-hybridized carbons (Fsp3) is 0.417. The molecule has 1 amide bonds. The highest BCUT2D eigenvalue weighted by Crippen LogP contribution is 2.36. The third-order valence-electron chi connectivity index (χ3n) is 2.96. The first kappa shape index (κ1) is 12.4. The van der Waals surface area contributed by atoms with Crippen molar-refractivity contribution >= 4 is 27.5 Å². The molecule has 1 aromatic carbocycles. The zero-order valence-corrected chi connectivity index (χ0v) is 11.4. The first-order chi connectivity index (χ1) is 7.96. The van der Waals surface area contributed by atoms with Gasteiger partial charge in [-0.2, -0.15) is 0 Å². The molecule has 0 spiro atoms. The number of ether oxygens (including phenoxy) is 1. The van der Waals surface area contributed by atoms with Crippen LogP contribution in [-0.2, 0) is 4.79 Å². The summed E-state index contributed by atoms with van der Waals surface area (Å²) in [5.74, 6) is 0.496. The molecule has 0 atom stereocenters. The van der Waals surface area contributed by atoms with E-state index < -0.39 is 5.54 Å². The van der Waals surface area contributed by atoms with E-state index in [1.165, 1.54) is 0 Å². The molecule has 0 aromatic heterocycles. The standard InChI is InChI=1S/C12H15BrN2O2/c1-7-5-8(13)6-9(17-2)10(7)15-11(16)12(14)3-4-12/h5-6H,3-4,14H2,1-2H3,(H,15,16). The van der Waals surface area contributed by atoms with Gasteiger partial charge >= 0.3 is 0 Å². The molecule has 1 saturated carbocycles. The van der Waals surface area contributed by atoms with Gasteiger partial charge in [-0.25, -0.2) is 0 Å². The van der Waals surface area contributed by atoms with E-state index in [2.05, 4.69) is 21.2 Å². The van der Waals surface area contributed by atoms with Gasteiger partial charge in [-0.1, -0.05) is 15.9 Å². The second-order valence-corrected chi connectivity index (χ2v) is 5.33. The second-order valence-electron chi connectivity index (χ2n) is 4.41. The molecule has 3 N–H and O–H groups in total. The number of carbonyl (C=O) groups is 1. The largest absolute Gasteiger partial charge is 0.495 e. The number of benzene rings is 1. The number of nitrogens with one attached hydrogen (secondary N) is 1. The molecule has 1 fully saturated rings. The molecule has 1 aromatic rings. The van der Waals surface area contributed by atoms with Gasteiger partial charge in [0.1, 0.15) is 5.75 Å². The number of rotatable bonds is 3.